The van der Waals surface area contributed by atoms with Gasteiger partial charge in [0, 0.05) is 6.54 Å². The molecular formula is C5H9N3S. The maximum atomic E-state index is 4.81. The van der Waals surface area contributed by atoms with Crippen LogP contribution in [0.3, 0.4) is 0 Å². The van der Waals surface area contributed by atoms with Gasteiger partial charge >= 0.3 is 0 Å². The monoisotopic (exact) mass is 143 g/mol. The minimum Gasteiger partial charge on any atom is -0.355 e. The number of amidine groups is 1. The van der Waals surface area contributed by atoms with Gasteiger partial charge in [-0.05, 0) is 19.1 Å². The maximum Gasteiger partial charge on any atom is 0.172 e. The zero-order valence-electron chi connectivity index (χ0n) is 5.27. The predicted octanol–water partition coefficient (Wildman–Crippen LogP) is -0.117. The number of rotatable bonds is 1. The molecule has 1 fully saturated rings. The Morgan fingerprint density at radius 3 is 3.00 bits per heavy atom. The van der Waals surface area contributed by atoms with Crippen molar-refractivity contribution in [3.8, 4) is 0 Å². The van der Waals surface area contributed by atoms with E-state index in [1.807, 2.05) is 6.92 Å². The number of nitrogens with one attached hydrogen (secondary N) is 2. The highest BCUT2D eigenvalue weighted by Crippen LogP contribution is 1.82. The second kappa shape index (κ2) is 2.77. The summed E-state index contributed by atoms with van der Waals surface area (Å²) in [6.45, 7) is 3.56. The molecule has 2 N–H and O–H groups in total. The average Bonchev–Trinajstić information content (AvgIpc) is 2.17. The molecule has 0 amide bonds. The Bertz CT molecular complexity index is 152. The van der Waals surface area contributed by atoms with E-state index in [1.54, 1.807) is 0 Å². The van der Waals surface area contributed by atoms with Gasteiger partial charge in [0.2, 0.25) is 0 Å². The third-order valence-electron chi connectivity index (χ3n) is 1.02. The van der Waals surface area contributed by atoms with Crippen molar-refractivity contribution in [2.75, 3.05) is 13.1 Å². The second-order valence-electron chi connectivity index (χ2n) is 1.73. The SMILES string of the molecule is CCN=C1CNC(=S)N1. The van der Waals surface area contributed by atoms with Gasteiger partial charge in [0.15, 0.2) is 5.11 Å². The lowest BCUT2D eigenvalue weighted by Gasteiger charge is -1.90. The minimum absolute atomic E-state index is 0.683. The van der Waals surface area contributed by atoms with Crippen molar-refractivity contribution in [1.29, 1.82) is 0 Å². The van der Waals surface area contributed by atoms with Crippen LogP contribution >= 0.6 is 12.2 Å². The predicted molar refractivity (Wildman–Crippen MR) is 41.7 cm³/mol. The molecule has 50 valence electrons. The van der Waals surface area contributed by atoms with Gasteiger partial charge < -0.3 is 10.6 Å². The maximum absolute atomic E-state index is 4.81. The first-order chi connectivity index (χ1) is 4.33. The van der Waals surface area contributed by atoms with Crippen molar-refractivity contribution in [2.45, 2.75) is 6.92 Å². The van der Waals surface area contributed by atoms with Gasteiger partial charge in [-0.3, -0.25) is 4.99 Å². The molecule has 9 heavy (non-hydrogen) atoms. The zero-order chi connectivity index (χ0) is 6.69. The van der Waals surface area contributed by atoms with Crippen LogP contribution in [-0.4, -0.2) is 24.0 Å². The molecule has 0 aliphatic carbocycles. The molecule has 0 aromatic carbocycles. The summed E-state index contributed by atoms with van der Waals surface area (Å²) in [6.07, 6.45) is 0. The fraction of sp³-hybridized carbons (Fsp3) is 0.600. The first-order valence-electron chi connectivity index (χ1n) is 2.91. The van der Waals surface area contributed by atoms with Gasteiger partial charge in [0.05, 0.1) is 6.54 Å². The highest BCUT2D eigenvalue weighted by atomic mass is 32.1. The van der Waals surface area contributed by atoms with Crippen LogP contribution in [-0.2, 0) is 0 Å². The highest BCUT2D eigenvalue weighted by Gasteiger charge is 2.08. The molecule has 0 aromatic heterocycles. The quantitative estimate of drug-likeness (QED) is 0.502. The molecule has 0 radical (unpaired) electrons. The molecule has 1 aliphatic rings. The molecule has 3 nitrogen and oxygen atoms in total. The van der Waals surface area contributed by atoms with Crippen molar-refractivity contribution in [3.05, 3.63) is 0 Å². The fourth-order valence-electron chi connectivity index (χ4n) is 0.670. The molecule has 0 atom stereocenters. The molecule has 1 rings (SSSR count). The van der Waals surface area contributed by atoms with E-state index in [9.17, 15) is 0 Å². The molecule has 0 spiro atoms. The van der Waals surface area contributed by atoms with E-state index >= 15 is 0 Å². The van der Waals surface area contributed by atoms with Crippen LogP contribution in [0.4, 0.5) is 0 Å². The Morgan fingerprint density at radius 1 is 1.78 bits per heavy atom. The number of nitrogens with zero attached hydrogens (tertiary/aromatic N) is 1. The van der Waals surface area contributed by atoms with Gasteiger partial charge in [-0.1, -0.05) is 0 Å². The topological polar surface area (TPSA) is 36.4 Å². The van der Waals surface area contributed by atoms with E-state index in [1.165, 1.54) is 0 Å². The lowest BCUT2D eigenvalue weighted by Crippen LogP contribution is -2.22. The van der Waals surface area contributed by atoms with Gasteiger partial charge in [-0.15, -0.1) is 0 Å². The smallest absolute Gasteiger partial charge is 0.172 e. The molecule has 1 saturated heterocycles. The van der Waals surface area contributed by atoms with Crippen molar-refractivity contribution in [2.24, 2.45) is 4.99 Å². The fourth-order valence-corrected chi connectivity index (χ4v) is 0.860. The molecule has 0 bridgehead atoms. The van der Waals surface area contributed by atoms with Crippen LogP contribution in [0, 0.1) is 0 Å². The zero-order valence-corrected chi connectivity index (χ0v) is 6.09. The van der Waals surface area contributed by atoms with E-state index in [0.29, 0.717) is 5.11 Å². The highest BCUT2D eigenvalue weighted by molar-refractivity contribution is 7.80. The van der Waals surface area contributed by atoms with Gasteiger partial charge in [0.1, 0.15) is 5.84 Å². The molecule has 0 saturated carbocycles. The molecule has 0 unspecified atom stereocenters. The number of thiocarbonyl (C=S) groups is 1. The number of aliphatic imine (C=N–C) groups is 1. The van der Waals surface area contributed by atoms with E-state index in [-0.39, 0.29) is 0 Å². The third-order valence-corrected chi connectivity index (χ3v) is 1.27. The Labute approximate surface area is 59.5 Å². The summed E-state index contributed by atoms with van der Waals surface area (Å²) in [7, 11) is 0. The normalized spacial score (nSPS) is 21.9. The van der Waals surface area contributed by atoms with E-state index in [2.05, 4.69) is 15.6 Å². The first-order valence-corrected chi connectivity index (χ1v) is 3.32. The summed E-state index contributed by atoms with van der Waals surface area (Å²) in [4.78, 5) is 4.13. The summed E-state index contributed by atoms with van der Waals surface area (Å²) in [5.74, 6) is 0.947. The number of hydrogen-bond donors (Lipinski definition) is 2. The van der Waals surface area contributed by atoms with Gasteiger partial charge in [-0.2, -0.15) is 0 Å². The van der Waals surface area contributed by atoms with Crippen molar-refractivity contribution in [3.63, 3.8) is 0 Å². The van der Waals surface area contributed by atoms with E-state index in [4.69, 9.17) is 12.2 Å². The third kappa shape index (κ3) is 1.64. The summed E-state index contributed by atoms with van der Waals surface area (Å²) < 4.78 is 0. The summed E-state index contributed by atoms with van der Waals surface area (Å²) in [6, 6.07) is 0. The van der Waals surface area contributed by atoms with Crippen LogP contribution < -0.4 is 10.6 Å². The van der Waals surface area contributed by atoms with Gasteiger partial charge in [0.25, 0.3) is 0 Å². The first kappa shape index (κ1) is 6.48. The van der Waals surface area contributed by atoms with Crippen LogP contribution in [0.5, 0.6) is 0 Å². The second-order valence-corrected chi connectivity index (χ2v) is 2.14. The van der Waals surface area contributed by atoms with Crippen LogP contribution in [0.1, 0.15) is 6.92 Å². The largest absolute Gasteiger partial charge is 0.355 e. The molecule has 4 heteroatoms. The Morgan fingerprint density at radius 2 is 2.56 bits per heavy atom. The van der Waals surface area contributed by atoms with Crippen LogP contribution in [0.25, 0.3) is 0 Å². The van der Waals surface area contributed by atoms with E-state index < -0.39 is 0 Å². The molecular weight excluding hydrogens is 134 g/mol. The van der Waals surface area contributed by atoms with Crippen LogP contribution in [0.15, 0.2) is 4.99 Å². The minimum atomic E-state index is 0.683. The standard InChI is InChI=1S/C5H9N3S/c1-2-6-4-3-7-5(9)8-4/h2-3H2,1H3,(H2,6,7,8,9). The Kier molecular flexibility index (Phi) is 2.00. The van der Waals surface area contributed by atoms with Crippen LogP contribution in [0.2, 0.25) is 0 Å². The van der Waals surface area contributed by atoms with Crippen molar-refractivity contribution < 1.29 is 0 Å². The van der Waals surface area contributed by atoms with Gasteiger partial charge in [-0.25, -0.2) is 0 Å². The summed E-state index contributed by atoms with van der Waals surface area (Å²) in [5, 5.41) is 6.55. The Balaban J connectivity index is 2.47. The molecule has 0 aromatic rings. The van der Waals surface area contributed by atoms with Crippen molar-refractivity contribution in [1.82, 2.24) is 10.6 Å². The molecule has 1 aliphatic heterocycles. The Hall–Kier alpha value is -0.640. The molecule has 1 heterocycles. The lowest BCUT2D eigenvalue weighted by molar-refractivity contribution is 1.08. The van der Waals surface area contributed by atoms with E-state index in [0.717, 1.165) is 18.9 Å². The van der Waals surface area contributed by atoms with Crippen molar-refractivity contribution >= 4 is 23.2 Å². The summed E-state index contributed by atoms with van der Waals surface area (Å²) >= 11 is 4.81. The number of hydrogen-bond acceptors (Lipinski definition) is 2. The lowest BCUT2D eigenvalue weighted by atomic mass is 10.6. The summed E-state index contributed by atoms with van der Waals surface area (Å²) in [5.41, 5.74) is 0. The average molecular weight is 143 g/mol.